The largest absolute Gasteiger partial charge is 0.480 e. The zero-order valence-electron chi connectivity index (χ0n) is 9.26. The second-order valence-electron chi connectivity index (χ2n) is 3.80. The van der Waals surface area contributed by atoms with Crippen LogP contribution in [0, 0.1) is 0 Å². The van der Waals surface area contributed by atoms with E-state index >= 15 is 0 Å². The Morgan fingerprint density at radius 1 is 1.12 bits per heavy atom. The molecular weight excluding hydrogens is 228 g/mol. The van der Waals surface area contributed by atoms with Crippen molar-refractivity contribution >= 4 is 24.4 Å². The fourth-order valence-electron chi connectivity index (χ4n) is 1.25. The van der Waals surface area contributed by atoms with E-state index in [1.165, 1.54) is 0 Å². The summed E-state index contributed by atoms with van der Waals surface area (Å²) in [5.74, 6) is -0.603. The highest BCUT2D eigenvalue weighted by molar-refractivity contribution is 7.80. The lowest BCUT2D eigenvalue weighted by atomic mass is 10.0. The van der Waals surface area contributed by atoms with Gasteiger partial charge in [0.05, 0.1) is 6.04 Å². The molecule has 16 heavy (non-hydrogen) atoms. The van der Waals surface area contributed by atoms with Crippen molar-refractivity contribution in [1.29, 1.82) is 0 Å². The van der Waals surface area contributed by atoms with Gasteiger partial charge in [0.15, 0.2) is 0 Å². The summed E-state index contributed by atoms with van der Waals surface area (Å²) in [6, 6.07) is -1.28. The van der Waals surface area contributed by atoms with Crippen molar-refractivity contribution in [3.05, 3.63) is 0 Å². The minimum atomic E-state index is -0.979. The topological polar surface area (TPSA) is 106 Å². The van der Waals surface area contributed by atoms with Gasteiger partial charge in [-0.3, -0.25) is 9.59 Å². The summed E-state index contributed by atoms with van der Waals surface area (Å²) in [7, 11) is 0. The minimum absolute atomic E-state index is 0.0116. The molecule has 0 aromatic heterocycles. The summed E-state index contributed by atoms with van der Waals surface area (Å²) in [6.07, 6.45) is 3.13. The van der Waals surface area contributed by atoms with E-state index in [1.807, 2.05) is 0 Å². The Kier molecular flexibility index (Phi) is 8.23. The Balaban J connectivity index is 3.47. The number of carbonyl (C=O) groups is 2. The van der Waals surface area contributed by atoms with Crippen molar-refractivity contribution < 1.29 is 14.7 Å². The van der Waals surface area contributed by atoms with Crippen molar-refractivity contribution in [3.8, 4) is 0 Å². The first kappa shape index (κ1) is 15.4. The molecule has 5 nitrogen and oxygen atoms in total. The van der Waals surface area contributed by atoms with Crippen molar-refractivity contribution in [2.45, 2.75) is 44.2 Å². The van der Waals surface area contributed by atoms with E-state index in [4.69, 9.17) is 16.6 Å². The average Bonchev–Trinajstić information content (AvgIpc) is 2.26. The second kappa shape index (κ2) is 8.55. The van der Waals surface area contributed by atoms with Crippen LogP contribution >= 0.6 is 12.6 Å². The van der Waals surface area contributed by atoms with Crippen molar-refractivity contribution in [3.63, 3.8) is 0 Å². The van der Waals surface area contributed by atoms with Gasteiger partial charge in [-0.15, -0.1) is 0 Å². The molecule has 0 aliphatic carbocycles. The maximum absolute atomic E-state index is 11.3. The summed E-state index contributed by atoms with van der Waals surface area (Å²) in [5.41, 5.74) is 10.8. The number of ketones is 1. The minimum Gasteiger partial charge on any atom is -0.480 e. The summed E-state index contributed by atoms with van der Waals surface area (Å²) >= 11 is 3.94. The van der Waals surface area contributed by atoms with Crippen LogP contribution in [0.2, 0.25) is 0 Å². The normalized spacial score (nSPS) is 14.4. The molecule has 0 radical (unpaired) electrons. The predicted molar refractivity (Wildman–Crippen MR) is 65.5 cm³/mol. The molecule has 2 atom stereocenters. The molecule has 0 aromatic rings. The third kappa shape index (κ3) is 6.81. The first-order valence-corrected chi connectivity index (χ1v) is 5.99. The number of hydrogen-bond donors (Lipinski definition) is 4. The number of aliphatic carboxylic acids is 1. The number of thiol groups is 1. The first-order chi connectivity index (χ1) is 7.49. The Morgan fingerprint density at radius 2 is 1.75 bits per heavy atom. The van der Waals surface area contributed by atoms with Gasteiger partial charge >= 0.3 is 5.97 Å². The molecule has 6 heteroatoms. The molecule has 2 unspecified atom stereocenters. The van der Waals surface area contributed by atoms with Crippen molar-refractivity contribution in [2.75, 3.05) is 5.75 Å². The molecule has 0 heterocycles. The average molecular weight is 248 g/mol. The number of Topliss-reactive ketones (excluding diaryl/α,β-unsaturated/α-hetero) is 1. The van der Waals surface area contributed by atoms with E-state index in [1.54, 1.807) is 0 Å². The number of carboxylic acid groups (broad SMARTS) is 1. The Labute approximate surface area is 101 Å². The molecule has 0 saturated heterocycles. The van der Waals surface area contributed by atoms with Gasteiger partial charge in [-0.05, 0) is 12.8 Å². The number of carboxylic acids is 1. The number of nitrogens with two attached hydrogens (primary N) is 2. The predicted octanol–water partition coefficient (Wildman–Crippen LogP) is 0.175. The van der Waals surface area contributed by atoms with Crippen LogP contribution in [0.1, 0.15) is 32.1 Å². The van der Waals surface area contributed by atoms with E-state index in [2.05, 4.69) is 12.6 Å². The maximum Gasteiger partial charge on any atom is 0.320 e. The number of hydrogen-bond acceptors (Lipinski definition) is 5. The zero-order chi connectivity index (χ0) is 12.6. The first-order valence-electron chi connectivity index (χ1n) is 5.36. The van der Waals surface area contributed by atoms with Crippen LogP contribution in [0.15, 0.2) is 0 Å². The third-order valence-electron chi connectivity index (χ3n) is 2.37. The van der Waals surface area contributed by atoms with Crippen LogP contribution in [0.4, 0.5) is 0 Å². The standard InChI is InChI=1S/C10H20N2O3S/c11-7(10(14)15)4-2-1-3-5-9(13)8(12)6-16/h7-8,16H,1-6,11-12H2,(H,14,15). The van der Waals surface area contributed by atoms with Gasteiger partial charge in [-0.25, -0.2) is 0 Å². The SMILES string of the molecule is NC(CCCCCC(=O)C(N)CS)C(=O)O. The third-order valence-corrected chi connectivity index (χ3v) is 2.76. The molecule has 0 aromatic carbocycles. The van der Waals surface area contributed by atoms with Gasteiger partial charge < -0.3 is 16.6 Å². The smallest absolute Gasteiger partial charge is 0.320 e. The van der Waals surface area contributed by atoms with E-state index in [0.717, 1.165) is 19.3 Å². The molecule has 0 rings (SSSR count). The van der Waals surface area contributed by atoms with E-state index in [0.29, 0.717) is 18.6 Å². The molecule has 0 amide bonds. The number of carbonyl (C=O) groups excluding carboxylic acids is 1. The Bertz CT molecular complexity index is 236. The van der Waals surface area contributed by atoms with E-state index in [-0.39, 0.29) is 5.78 Å². The van der Waals surface area contributed by atoms with E-state index in [9.17, 15) is 9.59 Å². The summed E-state index contributed by atoms with van der Waals surface area (Å²) < 4.78 is 0. The fourth-order valence-corrected chi connectivity index (χ4v) is 1.45. The lowest BCUT2D eigenvalue weighted by Crippen LogP contribution is -2.32. The highest BCUT2D eigenvalue weighted by Gasteiger charge is 2.12. The number of unbranched alkanes of at least 4 members (excludes halogenated alkanes) is 2. The molecule has 0 aliphatic heterocycles. The van der Waals surface area contributed by atoms with Crippen LogP contribution in [0.3, 0.4) is 0 Å². The Morgan fingerprint density at radius 3 is 2.25 bits per heavy atom. The highest BCUT2D eigenvalue weighted by atomic mass is 32.1. The lowest BCUT2D eigenvalue weighted by Gasteiger charge is -2.07. The van der Waals surface area contributed by atoms with Gasteiger partial charge in [0.2, 0.25) is 0 Å². The quantitative estimate of drug-likeness (QED) is 0.344. The van der Waals surface area contributed by atoms with E-state index < -0.39 is 18.1 Å². The summed E-state index contributed by atoms with van der Waals surface area (Å²) in [6.45, 7) is 0. The maximum atomic E-state index is 11.3. The Hall–Kier alpha value is -0.590. The fraction of sp³-hybridized carbons (Fsp3) is 0.800. The van der Waals surface area contributed by atoms with Gasteiger partial charge in [0, 0.05) is 12.2 Å². The molecule has 5 N–H and O–H groups in total. The summed E-state index contributed by atoms with van der Waals surface area (Å²) in [5, 5.41) is 8.53. The molecule has 0 bridgehead atoms. The molecule has 0 spiro atoms. The van der Waals surface area contributed by atoms with Gasteiger partial charge in [-0.2, -0.15) is 12.6 Å². The molecule has 0 fully saturated rings. The second-order valence-corrected chi connectivity index (χ2v) is 4.16. The van der Waals surface area contributed by atoms with Crippen molar-refractivity contribution in [2.24, 2.45) is 11.5 Å². The van der Waals surface area contributed by atoms with Gasteiger partial charge in [0.25, 0.3) is 0 Å². The van der Waals surface area contributed by atoms with Gasteiger partial charge in [-0.1, -0.05) is 12.8 Å². The summed E-state index contributed by atoms with van der Waals surface area (Å²) in [4.78, 5) is 21.7. The zero-order valence-corrected chi connectivity index (χ0v) is 10.2. The monoisotopic (exact) mass is 248 g/mol. The van der Waals surface area contributed by atoms with Crippen LogP contribution in [-0.4, -0.2) is 34.7 Å². The van der Waals surface area contributed by atoms with Crippen molar-refractivity contribution in [1.82, 2.24) is 0 Å². The van der Waals surface area contributed by atoms with Crippen LogP contribution in [0.25, 0.3) is 0 Å². The molecule has 0 aliphatic rings. The van der Waals surface area contributed by atoms with Crippen LogP contribution in [-0.2, 0) is 9.59 Å². The molecular formula is C10H20N2O3S. The lowest BCUT2D eigenvalue weighted by molar-refractivity contribution is -0.138. The van der Waals surface area contributed by atoms with Crippen LogP contribution in [0.5, 0.6) is 0 Å². The molecule has 0 saturated carbocycles. The van der Waals surface area contributed by atoms with Crippen LogP contribution < -0.4 is 11.5 Å². The molecule has 94 valence electrons. The van der Waals surface area contributed by atoms with Gasteiger partial charge in [0.1, 0.15) is 11.8 Å². The number of rotatable bonds is 9. The highest BCUT2D eigenvalue weighted by Crippen LogP contribution is 2.06.